The molecule has 0 spiro atoms. The van der Waals surface area contributed by atoms with Crippen LogP contribution in [0.15, 0.2) is 29.2 Å². The van der Waals surface area contributed by atoms with E-state index in [1.807, 2.05) is 0 Å². The van der Waals surface area contributed by atoms with Gasteiger partial charge in [-0.2, -0.15) is 4.31 Å². The summed E-state index contributed by atoms with van der Waals surface area (Å²) in [6, 6.07) is 6.88. The Morgan fingerprint density at radius 2 is 1.89 bits per heavy atom. The first-order chi connectivity index (χ1) is 8.52. The van der Waals surface area contributed by atoms with Crippen molar-refractivity contribution < 1.29 is 8.42 Å². The second-order valence-corrected chi connectivity index (χ2v) is 6.44. The van der Waals surface area contributed by atoms with Gasteiger partial charge in [-0.15, -0.1) is 11.6 Å². The highest BCUT2D eigenvalue weighted by atomic mass is 35.5. The fourth-order valence-corrected chi connectivity index (χ4v) is 2.90. The molecule has 6 heteroatoms. The summed E-state index contributed by atoms with van der Waals surface area (Å²) in [7, 11) is -0.00683. The summed E-state index contributed by atoms with van der Waals surface area (Å²) in [5.41, 5.74) is 1.04. The highest BCUT2D eigenvalue weighted by Gasteiger charge is 2.19. The molecule has 0 saturated carbocycles. The van der Waals surface area contributed by atoms with E-state index in [4.69, 9.17) is 11.6 Å². The molecule has 0 radical (unpaired) electrons. The normalized spacial score (nSPS) is 12.0. The second kappa shape index (κ2) is 7.09. The first kappa shape index (κ1) is 15.4. The number of benzene rings is 1. The Morgan fingerprint density at radius 3 is 2.39 bits per heavy atom. The fraction of sp³-hybridized carbons (Fsp3) is 0.500. The van der Waals surface area contributed by atoms with Gasteiger partial charge >= 0.3 is 0 Å². The van der Waals surface area contributed by atoms with Gasteiger partial charge in [-0.3, -0.25) is 0 Å². The summed E-state index contributed by atoms with van der Waals surface area (Å²) in [6.07, 6.45) is 0.747. The zero-order chi connectivity index (χ0) is 13.6. The van der Waals surface area contributed by atoms with Gasteiger partial charge in [0.1, 0.15) is 0 Å². The molecule has 1 N–H and O–H groups in total. The van der Waals surface area contributed by atoms with Crippen LogP contribution >= 0.6 is 11.6 Å². The van der Waals surface area contributed by atoms with Crippen LogP contribution in [-0.2, 0) is 16.4 Å². The molecule has 0 amide bonds. The molecule has 18 heavy (non-hydrogen) atoms. The molecule has 0 bridgehead atoms. The van der Waals surface area contributed by atoms with Gasteiger partial charge in [-0.05, 0) is 31.2 Å². The Hall–Kier alpha value is -0.620. The predicted molar refractivity (Wildman–Crippen MR) is 74.6 cm³/mol. The van der Waals surface area contributed by atoms with E-state index in [2.05, 4.69) is 5.32 Å². The Labute approximate surface area is 114 Å². The number of nitrogens with one attached hydrogen (secondary N) is 1. The Bertz CT molecular complexity index is 459. The van der Waals surface area contributed by atoms with Gasteiger partial charge in [0, 0.05) is 26.0 Å². The molecule has 102 valence electrons. The molecule has 0 aliphatic rings. The van der Waals surface area contributed by atoms with E-state index in [1.54, 1.807) is 38.4 Å². The van der Waals surface area contributed by atoms with Gasteiger partial charge in [0.05, 0.1) is 4.90 Å². The van der Waals surface area contributed by atoms with E-state index >= 15 is 0 Å². The number of aryl methyl sites for hydroxylation is 1. The van der Waals surface area contributed by atoms with Crippen molar-refractivity contribution in [1.82, 2.24) is 9.62 Å². The van der Waals surface area contributed by atoms with Crippen LogP contribution in [0.3, 0.4) is 0 Å². The Kier molecular flexibility index (Phi) is 6.08. The Morgan fingerprint density at radius 1 is 1.28 bits per heavy atom. The van der Waals surface area contributed by atoms with Gasteiger partial charge in [0.2, 0.25) is 10.0 Å². The van der Waals surface area contributed by atoms with Gasteiger partial charge < -0.3 is 5.32 Å². The molecule has 1 rings (SSSR count). The summed E-state index contributed by atoms with van der Waals surface area (Å²) in [4.78, 5) is 0.319. The summed E-state index contributed by atoms with van der Waals surface area (Å²) in [5.74, 6) is 0.536. The second-order valence-electron chi connectivity index (χ2n) is 4.01. The molecule has 0 unspecified atom stereocenters. The maximum atomic E-state index is 12.2. The molecule has 4 nitrogen and oxygen atoms in total. The van der Waals surface area contributed by atoms with Crippen molar-refractivity contribution in [3.05, 3.63) is 29.8 Å². The van der Waals surface area contributed by atoms with Crippen LogP contribution in [0.25, 0.3) is 0 Å². The number of likely N-dealkylation sites (N-methyl/N-ethyl adjacent to an activating group) is 2. The molecular formula is C12H19ClN2O2S. The van der Waals surface area contributed by atoms with Gasteiger partial charge in [-0.25, -0.2) is 8.42 Å². The van der Waals surface area contributed by atoms with Gasteiger partial charge in [0.15, 0.2) is 0 Å². The molecule has 0 atom stereocenters. The number of hydrogen-bond donors (Lipinski definition) is 1. The number of nitrogens with zero attached hydrogens (tertiary/aromatic N) is 1. The van der Waals surface area contributed by atoms with Crippen LogP contribution in [0, 0.1) is 0 Å². The molecule has 1 aromatic carbocycles. The molecule has 0 heterocycles. The SMILES string of the molecule is CNCCN(C)S(=O)(=O)c1ccc(CCCl)cc1. The minimum absolute atomic E-state index is 0.319. The summed E-state index contributed by atoms with van der Waals surface area (Å²) in [6.45, 7) is 1.07. The van der Waals surface area contributed by atoms with E-state index < -0.39 is 10.0 Å². The summed E-state index contributed by atoms with van der Waals surface area (Å²) in [5, 5.41) is 2.93. The third kappa shape index (κ3) is 3.95. The smallest absolute Gasteiger partial charge is 0.242 e. The molecule has 0 aliphatic heterocycles. The fourth-order valence-electron chi connectivity index (χ4n) is 1.51. The van der Waals surface area contributed by atoms with Crippen molar-refractivity contribution in [2.24, 2.45) is 0 Å². The number of rotatable bonds is 7. The lowest BCUT2D eigenvalue weighted by Gasteiger charge is -2.17. The van der Waals surface area contributed by atoms with Crippen molar-refractivity contribution >= 4 is 21.6 Å². The standard InChI is InChI=1S/C12H19ClN2O2S/c1-14-9-10-15(2)18(16,17)12-5-3-11(4-6-12)7-8-13/h3-6,14H,7-10H2,1-2H3. The van der Waals surface area contributed by atoms with Crippen molar-refractivity contribution in [3.63, 3.8) is 0 Å². The molecule has 0 fully saturated rings. The molecule has 1 aromatic rings. The first-order valence-corrected chi connectivity index (χ1v) is 7.75. The topological polar surface area (TPSA) is 49.4 Å². The lowest BCUT2D eigenvalue weighted by molar-refractivity contribution is 0.466. The van der Waals surface area contributed by atoms with E-state index in [1.165, 1.54) is 4.31 Å². The lowest BCUT2D eigenvalue weighted by atomic mass is 10.2. The number of alkyl halides is 1. The van der Waals surface area contributed by atoms with Crippen LogP contribution in [0.5, 0.6) is 0 Å². The van der Waals surface area contributed by atoms with E-state index in [0.717, 1.165) is 12.0 Å². The highest BCUT2D eigenvalue weighted by Crippen LogP contribution is 2.15. The van der Waals surface area contributed by atoms with Crippen LogP contribution in [0.4, 0.5) is 0 Å². The minimum Gasteiger partial charge on any atom is -0.318 e. The van der Waals surface area contributed by atoms with Gasteiger partial charge in [0.25, 0.3) is 0 Å². The van der Waals surface area contributed by atoms with Crippen molar-refractivity contribution in [3.8, 4) is 0 Å². The molecule has 0 aliphatic carbocycles. The monoisotopic (exact) mass is 290 g/mol. The molecular weight excluding hydrogens is 272 g/mol. The molecule has 0 aromatic heterocycles. The zero-order valence-corrected chi connectivity index (χ0v) is 12.3. The number of hydrogen-bond acceptors (Lipinski definition) is 3. The first-order valence-electron chi connectivity index (χ1n) is 5.78. The maximum absolute atomic E-state index is 12.2. The van der Waals surface area contributed by atoms with Crippen LogP contribution in [0.1, 0.15) is 5.56 Å². The summed E-state index contributed by atoms with van der Waals surface area (Å²) >= 11 is 5.64. The van der Waals surface area contributed by atoms with Crippen molar-refractivity contribution in [2.45, 2.75) is 11.3 Å². The summed E-state index contributed by atoms with van der Waals surface area (Å²) < 4.78 is 25.7. The van der Waals surface area contributed by atoms with E-state index in [-0.39, 0.29) is 0 Å². The maximum Gasteiger partial charge on any atom is 0.242 e. The van der Waals surface area contributed by atoms with E-state index in [9.17, 15) is 8.42 Å². The minimum atomic E-state index is -3.38. The van der Waals surface area contributed by atoms with Crippen molar-refractivity contribution in [2.75, 3.05) is 33.1 Å². The van der Waals surface area contributed by atoms with Gasteiger partial charge in [-0.1, -0.05) is 12.1 Å². The number of sulfonamides is 1. The van der Waals surface area contributed by atoms with E-state index in [0.29, 0.717) is 23.9 Å². The van der Waals surface area contributed by atoms with Crippen molar-refractivity contribution in [1.29, 1.82) is 0 Å². The average molecular weight is 291 g/mol. The third-order valence-corrected chi connectivity index (χ3v) is 4.75. The number of halogens is 1. The predicted octanol–water partition coefficient (Wildman–Crippen LogP) is 1.31. The average Bonchev–Trinajstić information content (AvgIpc) is 2.37. The zero-order valence-electron chi connectivity index (χ0n) is 10.7. The van der Waals surface area contributed by atoms with Crippen LogP contribution in [0.2, 0.25) is 0 Å². The highest BCUT2D eigenvalue weighted by molar-refractivity contribution is 7.89. The molecule has 0 saturated heterocycles. The quantitative estimate of drug-likeness (QED) is 0.770. The lowest BCUT2D eigenvalue weighted by Crippen LogP contribution is -2.32. The Balaban J connectivity index is 2.84. The van der Waals surface area contributed by atoms with Crippen LogP contribution in [-0.4, -0.2) is 45.8 Å². The third-order valence-electron chi connectivity index (χ3n) is 2.69. The van der Waals surface area contributed by atoms with Crippen LogP contribution < -0.4 is 5.32 Å². The largest absolute Gasteiger partial charge is 0.318 e.